The van der Waals surface area contributed by atoms with Crippen molar-refractivity contribution in [1.29, 1.82) is 0 Å². The van der Waals surface area contributed by atoms with E-state index in [0.29, 0.717) is 18.0 Å². The number of aryl methyl sites for hydroxylation is 1. The first-order chi connectivity index (χ1) is 12.1. The Morgan fingerprint density at radius 1 is 1.08 bits per heavy atom. The van der Waals surface area contributed by atoms with Gasteiger partial charge in [0.05, 0.1) is 11.8 Å². The summed E-state index contributed by atoms with van der Waals surface area (Å²) >= 11 is 1.69. The Hall–Kier alpha value is -1.56. The van der Waals surface area contributed by atoms with Crippen LogP contribution in [0.3, 0.4) is 0 Å². The Balaban J connectivity index is 1.43. The van der Waals surface area contributed by atoms with Crippen LogP contribution in [0.15, 0.2) is 53.4 Å². The van der Waals surface area contributed by atoms with E-state index in [2.05, 4.69) is 34.9 Å². The highest BCUT2D eigenvalue weighted by Crippen LogP contribution is 2.22. The third-order valence-corrected chi connectivity index (χ3v) is 5.61. The number of thioether (sulfide) groups is 1. The molecule has 0 saturated carbocycles. The molecule has 25 heavy (non-hydrogen) atoms. The van der Waals surface area contributed by atoms with Crippen molar-refractivity contribution in [3.63, 3.8) is 0 Å². The molecule has 1 N–H and O–H groups in total. The van der Waals surface area contributed by atoms with Crippen LogP contribution in [-0.2, 0) is 0 Å². The minimum Gasteiger partial charge on any atom is -0.391 e. The highest BCUT2D eigenvalue weighted by atomic mass is 32.2. The number of aliphatic hydroxyl groups is 1. The standard InChI is InChI=1S/C20H25FN2OS/c1-16-5-4-6-18(13-16)25-15-17(24)14-22-9-11-23(12-10-22)20-8-3-2-7-19(20)21/h2-8,13,17,24H,9-12,14-15H2,1H3. The van der Waals surface area contributed by atoms with Gasteiger partial charge in [0, 0.05) is 43.4 Å². The van der Waals surface area contributed by atoms with E-state index in [1.54, 1.807) is 17.8 Å². The molecular weight excluding hydrogens is 335 g/mol. The summed E-state index contributed by atoms with van der Waals surface area (Å²) in [6.45, 7) is 6.03. The first-order valence-electron chi connectivity index (χ1n) is 8.71. The molecule has 134 valence electrons. The molecule has 0 amide bonds. The summed E-state index contributed by atoms with van der Waals surface area (Å²) in [6, 6.07) is 15.3. The highest BCUT2D eigenvalue weighted by molar-refractivity contribution is 7.99. The van der Waals surface area contributed by atoms with Gasteiger partial charge in [-0.2, -0.15) is 0 Å². The number of halogens is 1. The minimum atomic E-state index is -0.356. The predicted molar refractivity (Wildman–Crippen MR) is 103 cm³/mol. The molecular formula is C20H25FN2OS. The number of rotatable bonds is 6. The van der Waals surface area contributed by atoms with Crippen molar-refractivity contribution in [3.05, 3.63) is 59.9 Å². The molecule has 3 nitrogen and oxygen atoms in total. The maximum Gasteiger partial charge on any atom is 0.146 e. The maximum absolute atomic E-state index is 13.9. The topological polar surface area (TPSA) is 26.7 Å². The number of nitrogens with zero attached hydrogens (tertiary/aromatic N) is 2. The van der Waals surface area contributed by atoms with Gasteiger partial charge < -0.3 is 10.0 Å². The zero-order valence-electron chi connectivity index (χ0n) is 14.6. The van der Waals surface area contributed by atoms with Gasteiger partial charge in [-0.15, -0.1) is 11.8 Å². The van der Waals surface area contributed by atoms with E-state index in [1.807, 2.05) is 18.2 Å². The zero-order valence-corrected chi connectivity index (χ0v) is 15.4. The number of hydrogen-bond donors (Lipinski definition) is 1. The van der Waals surface area contributed by atoms with Crippen molar-refractivity contribution in [3.8, 4) is 0 Å². The van der Waals surface area contributed by atoms with Gasteiger partial charge in [0.25, 0.3) is 0 Å². The summed E-state index contributed by atoms with van der Waals surface area (Å²) in [6.07, 6.45) is -0.356. The van der Waals surface area contributed by atoms with Gasteiger partial charge in [-0.25, -0.2) is 4.39 Å². The zero-order chi connectivity index (χ0) is 17.6. The van der Waals surface area contributed by atoms with Crippen LogP contribution in [-0.4, -0.2) is 54.6 Å². The second kappa shape index (κ2) is 8.70. The summed E-state index contributed by atoms with van der Waals surface area (Å²) < 4.78 is 13.9. The van der Waals surface area contributed by atoms with E-state index >= 15 is 0 Å². The fraction of sp³-hybridized carbons (Fsp3) is 0.400. The molecule has 1 atom stereocenters. The lowest BCUT2D eigenvalue weighted by molar-refractivity contribution is 0.126. The lowest BCUT2D eigenvalue weighted by atomic mass is 10.2. The Morgan fingerprint density at radius 2 is 1.84 bits per heavy atom. The average Bonchev–Trinajstić information content (AvgIpc) is 2.61. The lowest BCUT2D eigenvalue weighted by Crippen LogP contribution is -2.49. The number of para-hydroxylation sites is 1. The molecule has 2 aromatic rings. The fourth-order valence-corrected chi connectivity index (χ4v) is 4.06. The van der Waals surface area contributed by atoms with Gasteiger partial charge in [-0.05, 0) is 31.2 Å². The summed E-state index contributed by atoms with van der Waals surface area (Å²) in [7, 11) is 0. The van der Waals surface area contributed by atoms with Crippen molar-refractivity contribution >= 4 is 17.4 Å². The van der Waals surface area contributed by atoms with Crippen LogP contribution in [0.25, 0.3) is 0 Å². The van der Waals surface area contributed by atoms with Crippen LogP contribution in [0.5, 0.6) is 0 Å². The van der Waals surface area contributed by atoms with Crippen molar-refractivity contribution < 1.29 is 9.50 Å². The molecule has 2 aromatic carbocycles. The van der Waals surface area contributed by atoms with Crippen LogP contribution in [0.1, 0.15) is 5.56 Å². The number of hydrogen-bond acceptors (Lipinski definition) is 4. The number of aliphatic hydroxyl groups excluding tert-OH is 1. The normalized spacial score (nSPS) is 16.8. The van der Waals surface area contributed by atoms with Crippen LogP contribution < -0.4 is 4.90 Å². The average molecular weight is 360 g/mol. The van der Waals surface area contributed by atoms with E-state index in [0.717, 1.165) is 26.2 Å². The Kier molecular flexibility index (Phi) is 6.34. The van der Waals surface area contributed by atoms with Gasteiger partial charge in [0.2, 0.25) is 0 Å². The molecule has 1 heterocycles. The van der Waals surface area contributed by atoms with Gasteiger partial charge in [-0.1, -0.05) is 29.8 Å². The molecule has 1 aliphatic heterocycles. The fourth-order valence-electron chi connectivity index (χ4n) is 3.13. The highest BCUT2D eigenvalue weighted by Gasteiger charge is 2.21. The summed E-state index contributed by atoms with van der Waals surface area (Å²) in [4.78, 5) is 5.54. The third kappa shape index (κ3) is 5.21. The molecule has 1 unspecified atom stereocenters. The van der Waals surface area contributed by atoms with Gasteiger partial charge in [0.15, 0.2) is 0 Å². The minimum absolute atomic E-state index is 0.162. The quantitative estimate of drug-likeness (QED) is 0.799. The summed E-state index contributed by atoms with van der Waals surface area (Å²) in [5.74, 6) is 0.530. The lowest BCUT2D eigenvalue weighted by Gasteiger charge is -2.37. The number of benzene rings is 2. The third-order valence-electron chi connectivity index (χ3n) is 4.47. The van der Waals surface area contributed by atoms with E-state index in [9.17, 15) is 9.50 Å². The molecule has 1 saturated heterocycles. The predicted octanol–water partition coefficient (Wildman–Crippen LogP) is 3.41. The summed E-state index contributed by atoms with van der Waals surface area (Å²) in [5.41, 5.74) is 1.92. The molecule has 0 aromatic heterocycles. The second-order valence-corrected chi connectivity index (χ2v) is 7.61. The SMILES string of the molecule is Cc1cccc(SCC(O)CN2CCN(c3ccccc3F)CC2)c1. The molecule has 1 aliphatic rings. The van der Waals surface area contributed by atoms with E-state index in [1.165, 1.54) is 16.5 Å². The molecule has 0 radical (unpaired) electrons. The molecule has 1 fully saturated rings. The maximum atomic E-state index is 13.9. The van der Waals surface area contributed by atoms with Crippen molar-refractivity contribution in [1.82, 2.24) is 4.90 Å². The smallest absolute Gasteiger partial charge is 0.146 e. The monoisotopic (exact) mass is 360 g/mol. The van der Waals surface area contributed by atoms with Gasteiger partial charge >= 0.3 is 0 Å². The number of piperazine rings is 1. The van der Waals surface area contributed by atoms with Crippen LogP contribution in [0.2, 0.25) is 0 Å². The molecule has 0 bridgehead atoms. The first kappa shape index (κ1) is 18.2. The summed E-state index contributed by atoms with van der Waals surface area (Å²) in [5, 5.41) is 10.3. The molecule has 3 rings (SSSR count). The Labute approximate surface area is 153 Å². The van der Waals surface area contributed by atoms with Crippen molar-refractivity contribution in [2.45, 2.75) is 17.9 Å². The van der Waals surface area contributed by atoms with E-state index in [-0.39, 0.29) is 11.9 Å². The Bertz CT molecular complexity index is 689. The molecule has 0 aliphatic carbocycles. The molecule has 5 heteroatoms. The van der Waals surface area contributed by atoms with Crippen LogP contribution >= 0.6 is 11.8 Å². The Morgan fingerprint density at radius 3 is 2.56 bits per heavy atom. The molecule has 0 spiro atoms. The number of anilines is 1. The second-order valence-electron chi connectivity index (χ2n) is 6.52. The van der Waals surface area contributed by atoms with Crippen LogP contribution in [0, 0.1) is 12.7 Å². The van der Waals surface area contributed by atoms with Crippen molar-refractivity contribution in [2.24, 2.45) is 0 Å². The van der Waals surface area contributed by atoms with Crippen molar-refractivity contribution in [2.75, 3.05) is 43.4 Å². The van der Waals surface area contributed by atoms with Gasteiger partial charge in [0.1, 0.15) is 5.82 Å². The first-order valence-corrected chi connectivity index (χ1v) is 9.70. The largest absolute Gasteiger partial charge is 0.391 e. The van der Waals surface area contributed by atoms with E-state index in [4.69, 9.17) is 0 Å². The van der Waals surface area contributed by atoms with Gasteiger partial charge in [-0.3, -0.25) is 4.90 Å². The number of β-amino-alcohol motifs (C(OH)–C–C–N with tert-alkyl or cyclic N) is 1. The van der Waals surface area contributed by atoms with E-state index < -0.39 is 0 Å². The van der Waals surface area contributed by atoms with Crippen LogP contribution in [0.4, 0.5) is 10.1 Å².